The second-order valence-corrected chi connectivity index (χ2v) is 4.71. The molecule has 0 radical (unpaired) electrons. The van der Waals surface area contributed by atoms with Gasteiger partial charge in [-0.05, 0) is 31.9 Å². The standard InChI is InChI=1S/C13H15F3N2O2/c1-9-4-5-10(12(19)18-6-2-3-7-18)11(17-9)20-8-13(14,15)16/h4-5H,2-3,6-8H2,1H3. The average molecular weight is 288 g/mol. The van der Waals surface area contributed by atoms with Crippen LogP contribution in [0.25, 0.3) is 0 Å². The lowest BCUT2D eigenvalue weighted by atomic mass is 10.2. The Bertz CT molecular complexity index is 497. The number of carbonyl (C=O) groups is 1. The number of alkyl halides is 3. The molecule has 1 saturated heterocycles. The Morgan fingerprint density at radius 1 is 1.35 bits per heavy atom. The summed E-state index contributed by atoms with van der Waals surface area (Å²) in [5.41, 5.74) is 0.585. The van der Waals surface area contributed by atoms with Crippen molar-refractivity contribution in [2.75, 3.05) is 19.7 Å². The van der Waals surface area contributed by atoms with Gasteiger partial charge < -0.3 is 9.64 Å². The highest BCUT2D eigenvalue weighted by molar-refractivity contribution is 5.96. The Hall–Kier alpha value is -1.79. The molecule has 20 heavy (non-hydrogen) atoms. The van der Waals surface area contributed by atoms with Gasteiger partial charge in [-0.25, -0.2) is 4.98 Å². The van der Waals surface area contributed by atoms with Gasteiger partial charge in [0, 0.05) is 18.8 Å². The molecule has 0 saturated carbocycles. The summed E-state index contributed by atoms with van der Waals surface area (Å²) in [6.07, 6.45) is -2.65. The van der Waals surface area contributed by atoms with Crippen molar-refractivity contribution in [3.8, 4) is 5.88 Å². The first kappa shape index (κ1) is 14.6. The van der Waals surface area contributed by atoms with E-state index in [0.29, 0.717) is 18.8 Å². The van der Waals surface area contributed by atoms with Crippen LogP contribution < -0.4 is 4.74 Å². The number of aromatic nitrogens is 1. The van der Waals surface area contributed by atoms with Gasteiger partial charge in [0.15, 0.2) is 6.61 Å². The molecular weight excluding hydrogens is 273 g/mol. The molecule has 0 aliphatic carbocycles. The van der Waals surface area contributed by atoms with Crippen LogP contribution in [-0.2, 0) is 0 Å². The Morgan fingerprint density at radius 2 is 2.00 bits per heavy atom. The van der Waals surface area contributed by atoms with Crippen LogP contribution in [0.2, 0.25) is 0 Å². The van der Waals surface area contributed by atoms with E-state index in [0.717, 1.165) is 12.8 Å². The van der Waals surface area contributed by atoms with Crippen LogP contribution in [0.1, 0.15) is 28.9 Å². The first-order valence-electron chi connectivity index (χ1n) is 6.33. The second kappa shape index (κ2) is 5.68. The summed E-state index contributed by atoms with van der Waals surface area (Å²) < 4.78 is 41.4. The van der Waals surface area contributed by atoms with Gasteiger partial charge in [0.25, 0.3) is 5.91 Å². The number of amides is 1. The van der Waals surface area contributed by atoms with Crippen LogP contribution in [0, 0.1) is 6.92 Å². The van der Waals surface area contributed by atoms with E-state index in [9.17, 15) is 18.0 Å². The molecule has 0 unspecified atom stereocenters. The first-order valence-corrected chi connectivity index (χ1v) is 6.33. The number of hydrogen-bond acceptors (Lipinski definition) is 3. The van der Waals surface area contributed by atoms with E-state index in [4.69, 9.17) is 0 Å². The van der Waals surface area contributed by atoms with Gasteiger partial charge in [-0.15, -0.1) is 0 Å². The van der Waals surface area contributed by atoms with Crippen LogP contribution >= 0.6 is 0 Å². The third kappa shape index (κ3) is 3.61. The number of aryl methyl sites for hydroxylation is 1. The van der Waals surface area contributed by atoms with Gasteiger partial charge in [-0.3, -0.25) is 4.79 Å². The molecule has 0 bridgehead atoms. The number of hydrogen-bond donors (Lipinski definition) is 0. The van der Waals surface area contributed by atoms with Gasteiger partial charge in [-0.2, -0.15) is 13.2 Å². The predicted molar refractivity (Wildman–Crippen MR) is 65.7 cm³/mol. The molecule has 0 atom stereocenters. The molecule has 1 fully saturated rings. The molecule has 2 heterocycles. The van der Waals surface area contributed by atoms with E-state index in [2.05, 4.69) is 9.72 Å². The van der Waals surface area contributed by atoms with Crippen LogP contribution in [0.15, 0.2) is 12.1 Å². The number of ether oxygens (including phenoxy) is 1. The van der Waals surface area contributed by atoms with Gasteiger partial charge in [0.1, 0.15) is 5.56 Å². The minimum absolute atomic E-state index is 0.0850. The van der Waals surface area contributed by atoms with Crippen molar-refractivity contribution in [2.24, 2.45) is 0 Å². The highest BCUT2D eigenvalue weighted by Gasteiger charge is 2.30. The molecule has 1 aromatic rings. The topological polar surface area (TPSA) is 42.4 Å². The van der Waals surface area contributed by atoms with E-state index >= 15 is 0 Å². The maximum Gasteiger partial charge on any atom is 0.422 e. The zero-order valence-electron chi connectivity index (χ0n) is 11.0. The summed E-state index contributed by atoms with van der Waals surface area (Å²) in [7, 11) is 0. The van der Waals surface area contributed by atoms with Crippen molar-refractivity contribution in [2.45, 2.75) is 25.9 Å². The van der Waals surface area contributed by atoms with Crippen molar-refractivity contribution in [1.29, 1.82) is 0 Å². The largest absolute Gasteiger partial charge is 0.467 e. The van der Waals surface area contributed by atoms with Crippen molar-refractivity contribution >= 4 is 5.91 Å². The van der Waals surface area contributed by atoms with Crippen LogP contribution in [0.5, 0.6) is 5.88 Å². The average Bonchev–Trinajstić information content (AvgIpc) is 2.88. The summed E-state index contributed by atoms with van der Waals surface area (Å²) in [5.74, 6) is -0.577. The van der Waals surface area contributed by atoms with Crippen molar-refractivity contribution in [3.63, 3.8) is 0 Å². The minimum atomic E-state index is -4.46. The van der Waals surface area contributed by atoms with Crippen LogP contribution in [0.3, 0.4) is 0 Å². The van der Waals surface area contributed by atoms with Crippen LogP contribution in [-0.4, -0.2) is 41.7 Å². The van der Waals surface area contributed by atoms with Gasteiger partial charge in [-0.1, -0.05) is 0 Å². The Morgan fingerprint density at radius 3 is 2.60 bits per heavy atom. The highest BCUT2D eigenvalue weighted by atomic mass is 19.4. The zero-order valence-corrected chi connectivity index (χ0v) is 11.0. The Kier molecular flexibility index (Phi) is 4.15. The number of nitrogens with zero attached hydrogens (tertiary/aromatic N) is 2. The lowest BCUT2D eigenvalue weighted by molar-refractivity contribution is -0.154. The molecule has 4 nitrogen and oxygen atoms in total. The molecule has 1 aromatic heterocycles. The van der Waals surface area contributed by atoms with E-state index < -0.39 is 12.8 Å². The third-order valence-electron chi connectivity index (χ3n) is 3.00. The van der Waals surface area contributed by atoms with Gasteiger partial charge >= 0.3 is 6.18 Å². The summed E-state index contributed by atoms with van der Waals surface area (Å²) in [5, 5.41) is 0. The summed E-state index contributed by atoms with van der Waals surface area (Å²) in [4.78, 5) is 17.7. The third-order valence-corrected chi connectivity index (χ3v) is 3.00. The predicted octanol–water partition coefficient (Wildman–Crippen LogP) is 2.57. The van der Waals surface area contributed by atoms with Gasteiger partial charge in [0.05, 0.1) is 0 Å². The smallest absolute Gasteiger partial charge is 0.422 e. The fourth-order valence-corrected chi connectivity index (χ4v) is 2.05. The zero-order chi connectivity index (χ0) is 14.8. The van der Waals surface area contributed by atoms with Crippen molar-refractivity contribution < 1.29 is 22.7 Å². The number of carbonyl (C=O) groups excluding carboxylic acids is 1. The number of likely N-dealkylation sites (tertiary alicyclic amines) is 1. The molecule has 1 aliphatic rings. The van der Waals surface area contributed by atoms with E-state index in [1.165, 1.54) is 6.07 Å². The van der Waals surface area contributed by atoms with E-state index in [-0.39, 0.29) is 17.4 Å². The Balaban J connectivity index is 2.20. The molecule has 0 N–H and O–H groups in total. The maximum atomic E-state index is 12.2. The number of halogens is 3. The quantitative estimate of drug-likeness (QED) is 0.858. The highest BCUT2D eigenvalue weighted by Crippen LogP contribution is 2.23. The lowest BCUT2D eigenvalue weighted by Crippen LogP contribution is -2.29. The minimum Gasteiger partial charge on any atom is -0.467 e. The molecule has 1 aliphatic heterocycles. The fraction of sp³-hybridized carbons (Fsp3) is 0.538. The number of rotatable bonds is 3. The molecule has 7 heteroatoms. The SMILES string of the molecule is Cc1ccc(C(=O)N2CCCC2)c(OCC(F)(F)F)n1. The first-order chi connectivity index (χ1) is 9.37. The van der Waals surface area contributed by atoms with Crippen LogP contribution in [0.4, 0.5) is 13.2 Å². The second-order valence-electron chi connectivity index (χ2n) is 4.71. The molecule has 110 valence electrons. The number of pyridine rings is 1. The molecule has 2 rings (SSSR count). The van der Waals surface area contributed by atoms with E-state index in [1.54, 1.807) is 17.9 Å². The summed E-state index contributed by atoms with van der Waals surface area (Å²) >= 11 is 0. The Labute approximate surface area is 114 Å². The lowest BCUT2D eigenvalue weighted by Gasteiger charge is -2.18. The monoisotopic (exact) mass is 288 g/mol. The molecule has 1 amide bonds. The fourth-order valence-electron chi connectivity index (χ4n) is 2.05. The maximum absolute atomic E-state index is 12.2. The van der Waals surface area contributed by atoms with Gasteiger partial charge in [0.2, 0.25) is 5.88 Å². The summed E-state index contributed by atoms with van der Waals surface area (Å²) in [6.45, 7) is 1.41. The van der Waals surface area contributed by atoms with Crippen molar-refractivity contribution in [3.05, 3.63) is 23.4 Å². The molecule has 0 aromatic carbocycles. The molecule has 0 spiro atoms. The molecular formula is C13H15F3N2O2. The summed E-state index contributed by atoms with van der Waals surface area (Å²) in [6, 6.07) is 3.05. The normalized spacial score (nSPS) is 15.5. The van der Waals surface area contributed by atoms with Crippen molar-refractivity contribution in [1.82, 2.24) is 9.88 Å². The van der Waals surface area contributed by atoms with E-state index in [1.807, 2.05) is 0 Å².